The molecule has 1 atom stereocenters. The summed E-state index contributed by atoms with van der Waals surface area (Å²) in [7, 11) is 0. The van der Waals surface area contributed by atoms with E-state index in [1.54, 1.807) is 36.0 Å². The number of aryl methyl sites for hydroxylation is 1. The number of carbonyl (C=O) groups is 2. The van der Waals surface area contributed by atoms with E-state index < -0.39 is 6.10 Å². The Labute approximate surface area is 191 Å². The first kappa shape index (κ1) is 20.5. The molecule has 4 aromatic rings. The quantitative estimate of drug-likeness (QED) is 0.478. The Hall–Kier alpha value is -4.39. The zero-order valence-electron chi connectivity index (χ0n) is 18.2. The number of nitrogens with zero attached hydrogens (tertiary/aromatic N) is 2. The number of hydrogen-bond acceptors (Lipinski definition) is 4. The van der Waals surface area contributed by atoms with Crippen LogP contribution >= 0.6 is 0 Å². The maximum absolute atomic E-state index is 13.3. The van der Waals surface area contributed by atoms with E-state index >= 15 is 0 Å². The predicted molar refractivity (Wildman–Crippen MR) is 127 cm³/mol. The van der Waals surface area contributed by atoms with Gasteiger partial charge in [-0.1, -0.05) is 48.0 Å². The summed E-state index contributed by atoms with van der Waals surface area (Å²) in [5.74, 6) is 0.0400. The second-order valence-electron chi connectivity index (χ2n) is 7.95. The van der Waals surface area contributed by atoms with Gasteiger partial charge in [-0.15, -0.1) is 0 Å². The minimum Gasteiger partial charge on any atom is -0.479 e. The number of hydrogen-bond donors (Lipinski definition) is 2. The molecule has 0 aliphatic carbocycles. The first-order valence-corrected chi connectivity index (χ1v) is 10.6. The van der Waals surface area contributed by atoms with E-state index in [0.717, 1.165) is 16.8 Å². The Morgan fingerprint density at radius 1 is 1.06 bits per heavy atom. The fraction of sp³-hybridized carbons (Fsp3) is 0.115. The fourth-order valence-electron chi connectivity index (χ4n) is 3.66. The van der Waals surface area contributed by atoms with Crippen LogP contribution in [0.15, 0.2) is 79.0 Å². The summed E-state index contributed by atoms with van der Waals surface area (Å²) in [6.07, 6.45) is 1.17. The van der Waals surface area contributed by atoms with Crippen LogP contribution in [0.2, 0.25) is 0 Å². The number of para-hydroxylation sites is 1. The van der Waals surface area contributed by atoms with Crippen molar-refractivity contribution in [3.63, 3.8) is 0 Å². The molecule has 0 bridgehead atoms. The molecule has 0 fully saturated rings. The predicted octanol–water partition coefficient (Wildman–Crippen LogP) is 4.82. The Morgan fingerprint density at radius 3 is 2.58 bits per heavy atom. The number of ether oxygens (including phenoxy) is 1. The highest BCUT2D eigenvalue weighted by Gasteiger charge is 2.24. The van der Waals surface area contributed by atoms with Crippen molar-refractivity contribution in [1.29, 1.82) is 0 Å². The van der Waals surface area contributed by atoms with E-state index in [9.17, 15) is 9.59 Å². The van der Waals surface area contributed by atoms with E-state index in [1.165, 1.54) is 0 Å². The van der Waals surface area contributed by atoms with Crippen LogP contribution in [-0.4, -0.2) is 27.7 Å². The number of amides is 2. The smallest absolute Gasteiger partial charge is 0.265 e. The third kappa shape index (κ3) is 4.08. The van der Waals surface area contributed by atoms with Gasteiger partial charge in [0.2, 0.25) is 0 Å². The molecule has 1 aliphatic rings. The molecule has 5 rings (SSSR count). The van der Waals surface area contributed by atoms with Crippen LogP contribution < -0.4 is 15.4 Å². The molecular weight excluding hydrogens is 416 g/mol. The zero-order valence-corrected chi connectivity index (χ0v) is 18.2. The Balaban J connectivity index is 1.49. The van der Waals surface area contributed by atoms with Gasteiger partial charge in [0.05, 0.1) is 16.9 Å². The van der Waals surface area contributed by atoms with Gasteiger partial charge in [0, 0.05) is 17.4 Å². The topological polar surface area (TPSA) is 85.3 Å². The second kappa shape index (κ2) is 8.27. The molecule has 0 saturated carbocycles. The summed E-state index contributed by atoms with van der Waals surface area (Å²) in [5, 5.41) is 10.4. The van der Waals surface area contributed by atoms with Crippen LogP contribution in [0.25, 0.3) is 16.9 Å². The molecule has 2 amide bonds. The molecule has 1 aliphatic heterocycles. The standard InChI is InChI=1S/C26H22N4O3/c1-16-8-10-18(11-9-16)24-21(15-30(29-24)20-6-4-3-5-7-20)26(32)27-19-12-13-23-22(14-19)28-25(31)17(2)33-23/h3-15,17H,1-2H3,(H,27,32)(H,28,31). The lowest BCUT2D eigenvalue weighted by atomic mass is 10.1. The van der Waals surface area contributed by atoms with E-state index in [2.05, 4.69) is 10.6 Å². The van der Waals surface area contributed by atoms with Gasteiger partial charge in [-0.3, -0.25) is 9.59 Å². The van der Waals surface area contributed by atoms with Gasteiger partial charge in [0.15, 0.2) is 6.10 Å². The minimum atomic E-state index is -0.557. The summed E-state index contributed by atoms with van der Waals surface area (Å²) in [6.45, 7) is 3.70. The van der Waals surface area contributed by atoms with Gasteiger partial charge < -0.3 is 15.4 Å². The first-order chi connectivity index (χ1) is 16.0. The van der Waals surface area contributed by atoms with E-state index in [0.29, 0.717) is 28.4 Å². The summed E-state index contributed by atoms with van der Waals surface area (Å²) in [6, 6.07) is 22.7. The van der Waals surface area contributed by atoms with Crippen LogP contribution in [0, 0.1) is 6.92 Å². The maximum Gasteiger partial charge on any atom is 0.265 e. The molecule has 1 aromatic heterocycles. The van der Waals surface area contributed by atoms with Gasteiger partial charge in [-0.2, -0.15) is 5.10 Å². The lowest BCUT2D eigenvalue weighted by Gasteiger charge is -2.23. The van der Waals surface area contributed by atoms with Gasteiger partial charge in [-0.25, -0.2) is 4.68 Å². The van der Waals surface area contributed by atoms with Crippen molar-refractivity contribution in [2.45, 2.75) is 20.0 Å². The average Bonchev–Trinajstić information content (AvgIpc) is 3.27. The summed E-state index contributed by atoms with van der Waals surface area (Å²) < 4.78 is 7.29. The maximum atomic E-state index is 13.3. The Bertz CT molecular complexity index is 1340. The molecule has 0 saturated heterocycles. The first-order valence-electron chi connectivity index (χ1n) is 10.6. The molecular formula is C26H22N4O3. The number of benzene rings is 3. The van der Waals surface area contributed by atoms with Crippen molar-refractivity contribution in [1.82, 2.24) is 9.78 Å². The third-order valence-corrected chi connectivity index (χ3v) is 5.47. The number of nitrogens with one attached hydrogen (secondary N) is 2. The highest BCUT2D eigenvalue weighted by molar-refractivity contribution is 6.08. The molecule has 3 aromatic carbocycles. The van der Waals surface area contributed by atoms with Gasteiger partial charge in [0.1, 0.15) is 11.4 Å². The monoisotopic (exact) mass is 438 g/mol. The summed E-state index contributed by atoms with van der Waals surface area (Å²) in [5.41, 5.74) is 4.91. The van der Waals surface area contributed by atoms with Crippen molar-refractivity contribution in [3.8, 4) is 22.7 Å². The second-order valence-corrected chi connectivity index (χ2v) is 7.95. The molecule has 0 radical (unpaired) electrons. The van der Waals surface area contributed by atoms with Gasteiger partial charge in [0.25, 0.3) is 11.8 Å². The van der Waals surface area contributed by atoms with Crippen LogP contribution in [0.5, 0.6) is 5.75 Å². The van der Waals surface area contributed by atoms with Crippen molar-refractivity contribution < 1.29 is 14.3 Å². The Morgan fingerprint density at radius 2 is 1.82 bits per heavy atom. The molecule has 0 spiro atoms. The number of aromatic nitrogens is 2. The average molecular weight is 438 g/mol. The van der Waals surface area contributed by atoms with Crippen LogP contribution in [0.1, 0.15) is 22.8 Å². The van der Waals surface area contributed by atoms with Gasteiger partial charge in [-0.05, 0) is 44.2 Å². The summed E-state index contributed by atoms with van der Waals surface area (Å²) in [4.78, 5) is 25.3. The SMILES string of the molecule is Cc1ccc(-c2nn(-c3ccccc3)cc2C(=O)Nc2ccc3c(c2)NC(=O)C(C)O3)cc1. The van der Waals surface area contributed by atoms with Crippen LogP contribution in [-0.2, 0) is 4.79 Å². The highest BCUT2D eigenvalue weighted by atomic mass is 16.5. The molecule has 33 heavy (non-hydrogen) atoms. The van der Waals surface area contributed by atoms with Crippen molar-refractivity contribution in [2.75, 3.05) is 10.6 Å². The van der Waals surface area contributed by atoms with E-state index in [4.69, 9.17) is 9.84 Å². The lowest BCUT2D eigenvalue weighted by molar-refractivity contribution is -0.122. The van der Waals surface area contributed by atoms with E-state index in [1.807, 2.05) is 61.5 Å². The normalized spacial score (nSPS) is 14.7. The number of anilines is 2. The fourth-order valence-corrected chi connectivity index (χ4v) is 3.66. The number of carbonyl (C=O) groups excluding carboxylic acids is 2. The lowest BCUT2D eigenvalue weighted by Crippen LogP contribution is -2.34. The summed E-state index contributed by atoms with van der Waals surface area (Å²) >= 11 is 0. The molecule has 7 nitrogen and oxygen atoms in total. The molecule has 7 heteroatoms. The minimum absolute atomic E-state index is 0.225. The largest absolute Gasteiger partial charge is 0.479 e. The van der Waals surface area contributed by atoms with Gasteiger partial charge >= 0.3 is 0 Å². The molecule has 164 valence electrons. The van der Waals surface area contributed by atoms with Crippen molar-refractivity contribution in [2.24, 2.45) is 0 Å². The number of fused-ring (bicyclic) bond motifs is 1. The Kier molecular flexibility index (Phi) is 5.14. The third-order valence-electron chi connectivity index (χ3n) is 5.47. The van der Waals surface area contributed by atoms with Crippen LogP contribution in [0.3, 0.4) is 0 Å². The molecule has 2 heterocycles. The number of rotatable bonds is 4. The zero-order chi connectivity index (χ0) is 22.9. The van der Waals surface area contributed by atoms with Crippen molar-refractivity contribution in [3.05, 3.63) is 90.1 Å². The van der Waals surface area contributed by atoms with Crippen LogP contribution in [0.4, 0.5) is 11.4 Å². The van der Waals surface area contributed by atoms with Crippen molar-refractivity contribution >= 4 is 23.2 Å². The molecule has 2 N–H and O–H groups in total. The van der Waals surface area contributed by atoms with E-state index in [-0.39, 0.29) is 11.8 Å². The molecule has 1 unspecified atom stereocenters. The highest BCUT2D eigenvalue weighted by Crippen LogP contribution is 2.33.